The van der Waals surface area contributed by atoms with Gasteiger partial charge in [0, 0.05) is 15.2 Å². The predicted molar refractivity (Wildman–Crippen MR) is 89.5 cm³/mol. The van der Waals surface area contributed by atoms with Crippen molar-refractivity contribution in [1.29, 1.82) is 0 Å². The summed E-state index contributed by atoms with van der Waals surface area (Å²) < 4.78 is 1.03. The maximum absolute atomic E-state index is 4.40. The third-order valence-corrected chi connectivity index (χ3v) is 3.64. The van der Waals surface area contributed by atoms with Crippen LogP contribution >= 0.6 is 15.9 Å². The van der Waals surface area contributed by atoms with Crippen LogP contribution in [0.3, 0.4) is 0 Å². The molecule has 1 N–H and O–H groups in total. The molecule has 0 unspecified atom stereocenters. The number of rotatable bonds is 3. The van der Waals surface area contributed by atoms with Crippen LogP contribution in [-0.4, -0.2) is 15.9 Å². The third-order valence-electron chi connectivity index (χ3n) is 3.14. The minimum atomic E-state index is 0.655. The summed E-state index contributed by atoms with van der Waals surface area (Å²) in [7, 11) is 0. The zero-order valence-corrected chi connectivity index (χ0v) is 13.0. The number of nitrogens with one attached hydrogen (secondary N) is 1. The van der Waals surface area contributed by atoms with Crippen LogP contribution in [0.15, 0.2) is 64.3 Å². The van der Waals surface area contributed by atoms with Crippen LogP contribution in [0.5, 0.6) is 0 Å². The SMILES string of the molecule is C/C(=N/Nc1nncc2ccccc12)c1cccc(Br)c1. The Morgan fingerprint density at radius 3 is 2.86 bits per heavy atom. The van der Waals surface area contributed by atoms with E-state index in [2.05, 4.69) is 36.7 Å². The quantitative estimate of drug-likeness (QED) is 0.573. The van der Waals surface area contributed by atoms with Crippen molar-refractivity contribution in [2.75, 3.05) is 5.43 Å². The molecule has 0 aliphatic carbocycles. The average molecular weight is 341 g/mol. The molecule has 0 saturated heterocycles. The van der Waals surface area contributed by atoms with Crippen LogP contribution in [-0.2, 0) is 0 Å². The first-order valence-electron chi connectivity index (χ1n) is 6.51. The van der Waals surface area contributed by atoms with E-state index in [0.29, 0.717) is 5.82 Å². The Morgan fingerprint density at radius 2 is 2.00 bits per heavy atom. The molecule has 0 aliphatic rings. The molecular weight excluding hydrogens is 328 g/mol. The summed E-state index contributed by atoms with van der Waals surface area (Å²) in [5, 5.41) is 14.5. The molecule has 104 valence electrons. The van der Waals surface area contributed by atoms with Gasteiger partial charge in [-0.25, -0.2) is 0 Å². The number of hydrogen-bond donors (Lipinski definition) is 1. The van der Waals surface area contributed by atoms with Crippen molar-refractivity contribution in [3.8, 4) is 0 Å². The highest BCUT2D eigenvalue weighted by atomic mass is 79.9. The van der Waals surface area contributed by atoms with Crippen LogP contribution < -0.4 is 5.43 Å². The average Bonchev–Trinajstić information content (AvgIpc) is 2.52. The number of halogens is 1. The number of anilines is 1. The molecule has 0 radical (unpaired) electrons. The van der Waals surface area contributed by atoms with Crippen molar-refractivity contribution in [2.45, 2.75) is 6.92 Å². The zero-order chi connectivity index (χ0) is 14.7. The number of hydrazone groups is 1. The van der Waals surface area contributed by atoms with Crippen molar-refractivity contribution >= 4 is 38.2 Å². The molecule has 0 atom stereocenters. The third kappa shape index (κ3) is 3.08. The highest BCUT2D eigenvalue weighted by molar-refractivity contribution is 9.10. The van der Waals surface area contributed by atoms with Crippen molar-refractivity contribution in [3.63, 3.8) is 0 Å². The van der Waals surface area contributed by atoms with Crippen molar-refractivity contribution in [2.24, 2.45) is 5.10 Å². The van der Waals surface area contributed by atoms with Gasteiger partial charge >= 0.3 is 0 Å². The van der Waals surface area contributed by atoms with Crippen LogP contribution in [0.25, 0.3) is 10.8 Å². The van der Waals surface area contributed by atoms with Gasteiger partial charge in [0.05, 0.1) is 11.9 Å². The highest BCUT2D eigenvalue weighted by Gasteiger charge is 2.02. The highest BCUT2D eigenvalue weighted by Crippen LogP contribution is 2.19. The van der Waals surface area contributed by atoms with Crippen molar-refractivity contribution < 1.29 is 0 Å². The molecule has 0 spiro atoms. The van der Waals surface area contributed by atoms with E-state index in [0.717, 1.165) is 26.5 Å². The van der Waals surface area contributed by atoms with Gasteiger partial charge in [-0.2, -0.15) is 10.2 Å². The van der Waals surface area contributed by atoms with Crippen LogP contribution in [0.4, 0.5) is 5.82 Å². The Labute approximate surface area is 131 Å². The maximum atomic E-state index is 4.40. The van der Waals surface area contributed by atoms with Crippen molar-refractivity contribution in [3.05, 3.63) is 64.8 Å². The lowest BCUT2D eigenvalue weighted by Crippen LogP contribution is -2.02. The molecule has 1 heterocycles. The van der Waals surface area contributed by atoms with E-state index in [1.165, 1.54) is 0 Å². The van der Waals surface area contributed by atoms with Gasteiger partial charge in [0.15, 0.2) is 5.82 Å². The molecule has 3 aromatic rings. The summed E-state index contributed by atoms with van der Waals surface area (Å²) in [5.74, 6) is 0.655. The Kier molecular flexibility index (Phi) is 3.92. The minimum Gasteiger partial charge on any atom is -0.259 e. The number of aromatic nitrogens is 2. The van der Waals surface area contributed by atoms with Crippen molar-refractivity contribution in [1.82, 2.24) is 10.2 Å². The normalized spacial score (nSPS) is 11.6. The molecule has 21 heavy (non-hydrogen) atoms. The van der Waals surface area contributed by atoms with Gasteiger partial charge < -0.3 is 0 Å². The lowest BCUT2D eigenvalue weighted by Gasteiger charge is -2.05. The second-order valence-corrected chi connectivity index (χ2v) is 5.52. The van der Waals surface area contributed by atoms with E-state index < -0.39 is 0 Å². The summed E-state index contributed by atoms with van der Waals surface area (Å²) in [6.45, 7) is 1.95. The second-order valence-electron chi connectivity index (χ2n) is 4.60. The first-order chi connectivity index (χ1) is 10.2. The van der Waals surface area contributed by atoms with Crippen LogP contribution in [0, 0.1) is 0 Å². The Morgan fingerprint density at radius 1 is 1.14 bits per heavy atom. The van der Waals surface area contributed by atoms with Gasteiger partial charge in [-0.05, 0) is 24.6 Å². The van der Waals surface area contributed by atoms with E-state index in [4.69, 9.17) is 0 Å². The second kappa shape index (κ2) is 6.01. The fraction of sp³-hybridized carbons (Fsp3) is 0.0625. The molecule has 0 aliphatic heterocycles. The molecule has 4 nitrogen and oxygen atoms in total. The van der Waals surface area contributed by atoms with Gasteiger partial charge in [0.25, 0.3) is 0 Å². The first-order valence-corrected chi connectivity index (χ1v) is 7.30. The van der Waals surface area contributed by atoms with E-state index in [1.54, 1.807) is 6.20 Å². The van der Waals surface area contributed by atoms with E-state index in [-0.39, 0.29) is 0 Å². The van der Waals surface area contributed by atoms with Gasteiger partial charge in [-0.15, -0.1) is 5.10 Å². The largest absolute Gasteiger partial charge is 0.259 e. The molecule has 0 bridgehead atoms. The Bertz CT molecular complexity index is 809. The fourth-order valence-corrected chi connectivity index (χ4v) is 2.42. The van der Waals surface area contributed by atoms with Gasteiger partial charge in [-0.3, -0.25) is 5.43 Å². The molecule has 0 saturated carbocycles. The molecule has 3 rings (SSSR count). The molecule has 0 amide bonds. The molecule has 2 aromatic carbocycles. The fourth-order valence-electron chi connectivity index (χ4n) is 2.03. The standard InChI is InChI=1S/C16H13BrN4/c1-11(12-6-4-7-14(17)9-12)19-21-16-15-8-3-2-5-13(15)10-18-20-16/h2-10H,1H3,(H,20,21)/b19-11-. The Balaban J connectivity index is 1.90. The minimum absolute atomic E-state index is 0.655. The van der Waals surface area contributed by atoms with Gasteiger partial charge in [0.2, 0.25) is 0 Å². The lowest BCUT2D eigenvalue weighted by molar-refractivity contribution is 1.04. The molecule has 5 heteroatoms. The molecule has 0 fully saturated rings. The predicted octanol–water partition coefficient (Wildman–Crippen LogP) is 4.23. The monoisotopic (exact) mass is 340 g/mol. The topological polar surface area (TPSA) is 50.2 Å². The summed E-state index contributed by atoms with van der Waals surface area (Å²) in [4.78, 5) is 0. The lowest BCUT2D eigenvalue weighted by atomic mass is 10.1. The number of benzene rings is 2. The smallest absolute Gasteiger partial charge is 0.176 e. The van der Waals surface area contributed by atoms with Crippen LogP contribution in [0.2, 0.25) is 0 Å². The first kappa shape index (κ1) is 13.7. The van der Waals surface area contributed by atoms with Gasteiger partial charge in [0.1, 0.15) is 0 Å². The zero-order valence-electron chi connectivity index (χ0n) is 11.4. The number of fused-ring (bicyclic) bond motifs is 1. The number of hydrogen-bond acceptors (Lipinski definition) is 4. The van der Waals surface area contributed by atoms with E-state index in [1.807, 2.05) is 55.5 Å². The summed E-state index contributed by atoms with van der Waals surface area (Å²) in [5.41, 5.74) is 4.93. The molecular formula is C16H13BrN4. The van der Waals surface area contributed by atoms with Crippen LogP contribution in [0.1, 0.15) is 12.5 Å². The van der Waals surface area contributed by atoms with E-state index in [9.17, 15) is 0 Å². The van der Waals surface area contributed by atoms with Gasteiger partial charge in [-0.1, -0.05) is 52.3 Å². The summed E-state index contributed by atoms with van der Waals surface area (Å²) in [6, 6.07) is 16.0. The Hall–Kier alpha value is -2.27. The van der Waals surface area contributed by atoms with E-state index >= 15 is 0 Å². The summed E-state index contributed by atoms with van der Waals surface area (Å²) >= 11 is 3.46. The number of nitrogens with zero attached hydrogens (tertiary/aromatic N) is 3. The summed E-state index contributed by atoms with van der Waals surface area (Å²) in [6.07, 6.45) is 1.74. The maximum Gasteiger partial charge on any atom is 0.176 e. The molecule has 1 aromatic heterocycles.